The summed E-state index contributed by atoms with van der Waals surface area (Å²) in [5, 5.41) is 7.21. The molecule has 3 aliphatic rings. The second-order valence-electron chi connectivity index (χ2n) is 9.86. The molecule has 1 aromatic heterocycles. The number of carbonyl (C=O) groups is 1. The second kappa shape index (κ2) is 10.4. The summed E-state index contributed by atoms with van der Waals surface area (Å²) in [4.78, 5) is 15.3. The van der Waals surface area contributed by atoms with Gasteiger partial charge in [0, 0.05) is 48.3 Å². The maximum absolute atomic E-state index is 13.6. The molecule has 0 unspecified atom stereocenters. The van der Waals surface area contributed by atoms with E-state index in [9.17, 15) is 13.2 Å². The van der Waals surface area contributed by atoms with E-state index >= 15 is 0 Å². The minimum atomic E-state index is -4.15. The molecular formula is C24H34N6NaO3S. The fraction of sp³-hybridized carbons (Fsp3) is 0.583. The van der Waals surface area contributed by atoms with Gasteiger partial charge in [-0.05, 0) is 101 Å². The van der Waals surface area contributed by atoms with Gasteiger partial charge in [0.2, 0.25) is 0 Å². The molecule has 2 aliphatic carbocycles. The molecule has 11 heteroatoms. The SMILES string of the molecule is Cc1c(N(C2CCN(C)CC2)S(=O)(=O)NC(=O)Nc2c3c(cc4c2CCC4)CCC3)cnn1C.[Na]. The van der Waals surface area contributed by atoms with Crippen molar-refractivity contribution >= 4 is 57.2 Å². The van der Waals surface area contributed by atoms with Gasteiger partial charge in [-0.1, -0.05) is 6.07 Å². The number of anilines is 2. The van der Waals surface area contributed by atoms with Crippen LogP contribution in [0, 0.1) is 6.92 Å². The van der Waals surface area contributed by atoms with Crippen LogP contribution in [0.2, 0.25) is 0 Å². The number of hydrogen-bond acceptors (Lipinski definition) is 5. The zero-order valence-corrected chi connectivity index (χ0v) is 24.0. The average molecular weight is 510 g/mol. The van der Waals surface area contributed by atoms with E-state index in [1.54, 1.807) is 17.9 Å². The van der Waals surface area contributed by atoms with Crippen LogP contribution in [-0.4, -0.2) is 84.9 Å². The minimum absolute atomic E-state index is 0. The van der Waals surface area contributed by atoms with Gasteiger partial charge in [0.25, 0.3) is 0 Å². The predicted octanol–water partition coefficient (Wildman–Crippen LogP) is 2.29. The van der Waals surface area contributed by atoms with E-state index in [2.05, 4.69) is 26.1 Å². The molecular weight excluding hydrogens is 475 g/mol. The van der Waals surface area contributed by atoms with Gasteiger partial charge >= 0.3 is 16.2 Å². The Morgan fingerprint density at radius 1 is 1.06 bits per heavy atom. The third kappa shape index (κ3) is 5.13. The molecule has 5 rings (SSSR count). The van der Waals surface area contributed by atoms with Gasteiger partial charge in [-0.2, -0.15) is 13.5 Å². The van der Waals surface area contributed by atoms with E-state index in [4.69, 9.17) is 0 Å². The van der Waals surface area contributed by atoms with E-state index in [-0.39, 0.29) is 35.6 Å². The number of fused-ring (bicyclic) bond motifs is 2. The number of carbonyl (C=O) groups excluding carboxylic acids is 1. The first-order valence-electron chi connectivity index (χ1n) is 12.2. The number of aryl methyl sites for hydroxylation is 3. The van der Waals surface area contributed by atoms with Crippen LogP contribution < -0.4 is 14.3 Å². The van der Waals surface area contributed by atoms with Gasteiger partial charge in [-0.3, -0.25) is 4.68 Å². The molecule has 0 atom stereocenters. The van der Waals surface area contributed by atoms with Crippen molar-refractivity contribution in [1.29, 1.82) is 0 Å². The van der Waals surface area contributed by atoms with E-state index < -0.39 is 16.2 Å². The van der Waals surface area contributed by atoms with Crippen LogP contribution in [0.25, 0.3) is 0 Å². The number of nitrogens with zero attached hydrogens (tertiary/aromatic N) is 4. The number of rotatable bonds is 5. The summed E-state index contributed by atoms with van der Waals surface area (Å²) in [6.45, 7) is 3.44. The number of amides is 2. The zero-order valence-electron chi connectivity index (χ0n) is 21.2. The van der Waals surface area contributed by atoms with Gasteiger partial charge in [0.1, 0.15) is 0 Å². The van der Waals surface area contributed by atoms with Crippen LogP contribution in [0.5, 0.6) is 0 Å². The summed E-state index contributed by atoms with van der Waals surface area (Å²) in [7, 11) is -0.328. The Morgan fingerprint density at radius 2 is 1.66 bits per heavy atom. The molecule has 9 nitrogen and oxygen atoms in total. The molecule has 1 radical (unpaired) electrons. The summed E-state index contributed by atoms with van der Waals surface area (Å²) >= 11 is 0. The van der Waals surface area contributed by atoms with E-state index in [0.717, 1.165) is 63.0 Å². The topological polar surface area (TPSA) is 99.6 Å². The monoisotopic (exact) mass is 509 g/mol. The van der Waals surface area contributed by atoms with Crippen molar-refractivity contribution in [1.82, 2.24) is 19.4 Å². The molecule has 1 saturated heterocycles. The third-order valence-corrected chi connectivity index (χ3v) is 9.11. The maximum Gasteiger partial charge on any atom is 0.334 e. The third-order valence-electron chi connectivity index (χ3n) is 7.66. The second-order valence-corrected chi connectivity index (χ2v) is 11.4. The van der Waals surface area contributed by atoms with Gasteiger partial charge in [0.15, 0.2) is 0 Å². The van der Waals surface area contributed by atoms with Gasteiger partial charge in [-0.15, -0.1) is 0 Å². The van der Waals surface area contributed by atoms with Crippen LogP contribution in [0.1, 0.15) is 53.6 Å². The quantitative estimate of drug-likeness (QED) is 0.603. The Bertz CT molecular complexity index is 1190. The van der Waals surface area contributed by atoms with Crippen LogP contribution >= 0.6 is 0 Å². The van der Waals surface area contributed by atoms with Crippen molar-refractivity contribution in [2.75, 3.05) is 29.8 Å². The number of piperidine rings is 1. The molecule has 0 spiro atoms. The largest absolute Gasteiger partial charge is 0.334 e. The number of hydrogen-bond donors (Lipinski definition) is 2. The Labute approximate surface area is 230 Å². The molecule has 1 aliphatic heterocycles. The van der Waals surface area contributed by atoms with Crippen LogP contribution in [0.3, 0.4) is 0 Å². The fourth-order valence-corrected chi connectivity index (χ4v) is 7.15. The molecule has 2 heterocycles. The summed E-state index contributed by atoms with van der Waals surface area (Å²) < 4.78 is 32.7. The Hall–Kier alpha value is -1.59. The van der Waals surface area contributed by atoms with Crippen molar-refractivity contribution in [3.63, 3.8) is 0 Å². The summed E-state index contributed by atoms with van der Waals surface area (Å²) in [6.07, 6.45) is 8.95. The average Bonchev–Trinajstić information content (AvgIpc) is 3.51. The van der Waals surface area contributed by atoms with Crippen molar-refractivity contribution in [3.8, 4) is 0 Å². The number of nitrogens with one attached hydrogen (secondary N) is 2. The van der Waals surface area contributed by atoms with E-state index in [1.165, 1.54) is 26.6 Å². The van der Waals surface area contributed by atoms with Gasteiger partial charge < -0.3 is 10.2 Å². The Kier molecular flexibility index (Phi) is 7.88. The number of likely N-dealkylation sites (tertiary alicyclic amines) is 1. The van der Waals surface area contributed by atoms with Crippen LogP contribution in [0.15, 0.2) is 12.3 Å². The molecule has 0 saturated carbocycles. The van der Waals surface area contributed by atoms with Gasteiger partial charge in [-0.25, -0.2) is 13.8 Å². The Balaban J connectivity index is 0.00000289. The number of urea groups is 1. The Morgan fingerprint density at radius 3 is 2.20 bits per heavy atom. The van der Waals surface area contributed by atoms with Crippen molar-refractivity contribution in [2.45, 2.75) is 64.3 Å². The molecule has 2 amide bonds. The van der Waals surface area contributed by atoms with Crippen molar-refractivity contribution < 1.29 is 13.2 Å². The number of aromatic nitrogens is 2. The standard InChI is InChI=1S/C24H34N6O3S.Na/c1-16-22(15-25-29(16)3)30(19-10-12-28(2)13-11-19)34(32,33)27-24(31)26-23-20-8-4-6-17(20)14-18-7-5-9-21(18)23;/h14-15,19H,4-13H2,1-3H3,(H2,26,27,31);. The molecule has 185 valence electrons. The van der Waals surface area contributed by atoms with E-state index in [0.29, 0.717) is 18.5 Å². The minimum Gasteiger partial charge on any atom is -0.307 e. The maximum atomic E-state index is 13.6. The summed E-state index contributed by atoms with van der Waals surface area (Å²) in [6, 6.07) is 1.35. The van der Waals surface area contributed by atoms with Crippen molar-refractivity contribution in [2.24, 2.45) is 7.05 Å². The number of benzene rings is 1. The van der Waals surface area contributed by atoms with Gasteiger partial charge in [0.05, 0.1) is 17.6 Å². The van der Waals surface area contributed by atoms with E-state index in [1.807, 2.05) is 14.0 Å². The zero-order chi connectivity index (χ0) is 24.0. The molecule has 1 aromatic carbocycles. The predicted molar refractivity (Wildman–Crippen MR) is 138 cm³/mol. The first kappa shape index (κ1) is 26.5. The normalized spacial score (nSPS) is 18.0. The molecule has 1 fully saturated rings. The van der Waals surface area contributed by atoms with Crippen LogP contribution in [0.4, 0.5) is 16.2 Å². The molecule has 2 aromatic rings. The molecule has 2 N–H and O–H groups in total. The molecule has 35 heavy (non-hydrogen) atoms. The summed E-state index contributed by atoms with van der Waals surface area (Å²) in [5.74, 6) is 0. The first-order valence-corrected chi connectivity index (χ1v) is 13.7. The summed E-state index contributed by atoms with van der Waals surface area (Å²) in [5.41, 5.74) is 7.00. The van der Waals surface area contributed by atoms with Crippen molar-refractivity contribution in [3.05, 3.63) is 40.2 Å². The first-order chi connectivity index (χ1) is 16.2. The smallest absolute Gasteiger partial charge is 0.307 e. The van der Waals surface area contributed by atoms with Crippen LogP contribution in [-0.2, 0) is 42.9 Å². The molecule has 0 bridgehead atoms. The fourth-order valence-electron chi connectivity index (χ4n) is 5.73.